The van der Waals surface area contributed by atoms with Crippen molar-refractivity contribution in [3.05, 3.63) is 0 Å². The summed E-state index contributed by atoms with van der Waals surface area (Å²) >= 11 is 0. The third kappa shape index (κ3) is 3.35. The number of hydrogen-bond acceptors (Lipinski definition) is 3. The molecule has 0 aromatic rings. The van der Waals surface area contributed by atoms with E-state index in [2.05, 4.69) is 10.1 Å². The van der Waals surface area contributed by atoms with Crippen LogP contribution in [0.25, 0.3) is 0 Å². The highest BCUT2D eigenvalue weighted by Crippen LogP contribution is 2.31. The Hall–Kier alpha value is -0.820. The van der Waals surface area contributed by atoms with Crippen LogP contribution in [-0.4, -0.2) is 37.1 Å². The third-order valence-electron chi connectivity index (χ3n) is 2.54. The van der Waals surface area contributed by atoms with Gasteiger partial charge in [0.1, 0.15) is 0 Å². The smallest absolute Gasteiger partial charge is 0.481 e. The van der Waals surface area contributed by atoms with Gasteiger partial charge in [-0.2, -0.15) is 0 Å². The quantitative estimate of drug-likeness (QED) is 0.751. The molecule has 1 rings (SSSR count). The minimum absolute atomic E-state index is 0.130. The highest BCUT2D eigenvalue weighted by atomic mass is 19.4. The van der Waals surface area contributed by atoms with Gasteiger partial charge in [-0.1, -0.05) is 0 Å². The maximum Gasteiger partial charge on any atom is 0.522 e. The number of nitrogens with one attached hydrogen (secondary N) is 1. The van der Waals surface area contributed by atoms with Gasteiger partial charge in [-0.05, 0) is 19.4 Å². The molecule has 1 unspecified atom stereocenters. The number of carboxylic acid groups (broad SMARTS) is 1. The summed E-state index contributed by atoms with van der Waals surface area (Å²) in [5.41, 5.74) is -1.11. The molecule has 0 spiro atoms. The first kappa shape index (κ1) is 12.3. The standard InChI is InChI=1S/C8H12F3NO3/c9-8(10,11)15-4-2-7(6(13)14)1-3-12-5-7/h12H,1-5H2,(H,13,14). The monoisotopic (exact) mass is 227 g/mol. The van der Waals surface area contributed by atoms with Gasteiger partial charge >= 0.3 is 12.3 Å². The Balaban J connectivity index is 2.43. The summed E-state index contributed by atoms with van der Waals surface area (Å²) in [6.45, 7) is 0.0966. The second-order valence-electron chi connectivity index (χ2n) is 3.56. The number of aliphatic carboxylic acids is 1. The summed E-state index contributed by atoms with van der Waals surface area (Å²) in [5.74, 6) is -1.07. The number of carboxylic acids is 1. The molecular weight excluding hydrogens is 215 g/mol. The molecule has 2 N–H and O–H groups in total. The lowest BCUT2D eigenvalue weighted by Crippen LogP contribution is -2.35. The van der Waals surface area contributed by atoms with Gasteiger partial charge < -0.3 is 10.4 Å². The van der Waals surface area contributed by atoms with Crippen LogP contribution < -0.4 is 5.32 Å². The molecule has 0 bridgehead atoms. The first-order chi connectivity index (χ1) is 6.86. The molecule has 88 valence electrons. The Morgan fingerprint density at radius 1 is 1.53 bits per heavy atom. The van der Waals surface area contributed by atoms with E-state index < -0.39 is 24.4 Å². The van der Waals surface area contributed by atoms with Crippen molar-refractivity contribution in [3.63, 3.8) is 0 Å². The summed E-state index contributed by atoms with van der Waals surface area (Å²) in [5, 5.41) is 11.7. The molecule has 4 nitrogen and oxygen atoms in total. The molecule has 0 aromatic carbocycles. The van der Waals surface area contributed by atoms with Gasteiger partial charge in [-0.15, -0.1) is 13.2 Å². The maximum absolute atomic E-state index is 11.7. The topological polar surface area (TPSA) is 58.6 Å². The van der Waals surface area contributed by atoms with Crippen molar-refractivity contribution in [1.82, 2.24) is 5.32 Å². The molecule has 0 aliphatic carbocycles. The van der Waals surface area contributed by atoms with E-state index in [1.165, 1.54) is 0 Å². The van der Waals surface area contributed by atoms with Crippen LogP contribution in [0.4, 0.5) is 13.2 Å². The fourth-order valence-electron chi connectivity index (χ4n) is 1.61. The number of rotatable bonds is 4. The number of ether oxygens (including phenoxy) is 1. The molecule has 1 aliphatic heterocycles. The van der Waals surface area contributed by atoms with Crippen LogP contribution in [0.15, 0.2) is 0 Å². The van der Waals surface area contributed by atoms with Crippen molar-refractivity contribution in [3.8, 4) is 0 Å². The van der Waals surface area contributed by atoms with Crippen molar-refractivity contribution in [2.45, 2.75) is 19.2 Å². The maximum atomic E-state index is 11.7. The largest absolute Gasteiger partial charge is 0.522 e. The Morgan fingerprint density at radius 2 is 2.20 bits per heavy atom. The Bertz CT molecular complexity index is 236. The average Bonchev–Trinajstić information content (AvgIpc) is 2.51. The predicted octanol–water partition coefficient (Wildman–Crippen LogP) is 0.977. The van der Waals surface area contributed by atoms with Crippen molar-refractivity contribution in [2.75, 3.05) is 19.7 Å². The van der Waals surface area contributed by atoms with Crippen LogP contribution >= 0.6 is 0 Å². The first-order valence-electron chi connectivity index (χ1n) is 4.51. The molecule has 1 heterocycles. The van der Waals surface area contributed by atoms with Gasteiger partial charge in [0.05, 0.1) is 12.0 Å². The summed E-state index contributed by atoms with van der Waals surface area (Å²) in [6.07, 6.45) is -4.48. The Labute approximate surface area is 84.4 Å². The highest BCUT2D eigenvalue weighted by molar-refractivity contribution is 5.75. The average molecular weight is 227 g/mol. The normalized spacial score (nSPS) is 26.9. The second kappa shape index (κ2) is 4.36. The van der Waals surface area contributed by atoms with E-state index in [-0.39, 0.29) is 13.0 Å². The van der Waals surface area contributed by atoms with E-state index in [1.54, 1.807) is 0 Å². The van der Waals surface area contributed by atoms with Gasteiger partial charge in [0.2, 0.25) is 0 Å². The molecule has 0 aromatic heterocycles. The molecule has 1 aliphatic rings. The molecule has 0 radical (unpaired) electrons. The molecule has 7 heteroatoms. The fourth-order valence-corrected chi connectivity index (χ4v) is 1.61. The summed E-state index contributed by atoms with van der Waals surface area (Å²) in [4.78, 5) is 10.9. The van der Waals surface area contributed by atoms with Crippen LogP contribution in [0.1, 0.15) is 12.8 Å². The van der Waals surface area contributed by atoms with Crippen molar-refractivity contribution in [1.29, 1.82) is 0 Å². The lowest BCUT2D eigenvalue weighted by atomic mass is 9.84. The van der Waals surface area contributed by atoms with Crippen LogP contribution in [0.3, 0.4) is 0 Å². The van der Waals surface area contributed by atoms with Crippen LogP contribution in [0.2, 0.25) is 0 Å². The van der Waals surface area contributed by atoms with Crippen LogP contribution in [-0.2, 0) is 9.53 Å². The number of carbonyl (C=O) groups is 1. The Kier molecular flexibility index (Phi) is 3.56. The second-order valence-corrected chi connectivity index (χ2v) is 3.56. The summed E-state index contributed by atoms with van der Waals surface area (Å²) in [7, 11) is 0. The fraction of sp³-hybridized carbons (Fsp3) is 0.875. The Morgan fingerprint density at radius 3 is 2.60 bits per heavy atom. The van der Waals surface area contributed by atoms with Crippen molar-refractivity contribution >= 4 is 5.97 Å². The van der Waals surface area contributed by atoms with Crippen molar-refractivity contribution < 1.29 is 27.8 Å². The minimum atomic E-state index is -4.69. The van der Waals surface area contributed by atoms with Gasteiger partial charge in [-0.25, -0.2) is 0 Å². The van der Waals surface area contributed by atoms with Gasteiger partial charge in [0.25, 0.3) is 0 Å². The molecule has 1 fully saturated rings. The van der Waals surface area contributed by atoms with E-state index in [4.69, 9.17) is 5.11 Å². The highest BCUT2D eigenvalue weighted by Gasteiger charge is 2.42. The van der Waals surface area contributed by atoms with Gasteiger partial charge in [0, 0.05) is 6.54 Å². The third-order valence-corrected chi connectivity index (χ3v) is 2.54. The van der Waals surface area contributed by atoms with E-state index in [0.717, 1.165) is 0 Å². The van der Waals surface area contributed by atoms with Crippen LogP contribution in [0.5, 0.6) is 0 Å². The minimum Gasteiger partial charge on any atom is -0.481 e. The van der Waals surface area contributed by atoms with E-state index in [1.807, 2.05) is 0 Å². The number of hydrogen-bond donors (Lipinski definition) is 2. The summed E-state index contributed by atoms with van der Waals surface area (Å²) < 4.78 is 38.6. The zero-order valence-corrected chi connectivity index (χ0v) is 7.93. The number of halogens is 3. The van der Waals surface area contributed by atoms with E-state index in [0.29, 0.717) is 13.0 Å². The molecular formula is C8H12F3NO3. The number of alkyl halides is 3. The zero-order valence-electron chi connectivity index (χ0n) is 7.93. The molecule has 15 heavy (non-hydrogen) atoms. The lowest BCUT2D eigenvalue weighted by molar-refractivity contribution is -0.326. The van der Waals surface area contributed by atoms with Crippen molar-refractivity contribution in [2.24, 2.45) is 5.41 Å². The zero-order chi connectivity index (χ0) is 11.5. The lowest BCUT2D eigenvalue weighted by Gasteiger charge is -2.22. The first-order valence-corrected chi connectivity index (χ1v) is 4.51. The van der Waals surface area contributed by atoms with E-state index >= 15 is 0 Å². The van der Waals surface area contributed by atoms with Crippen LogP contribution in [0, 0.1) is 5.41 Å². The van der Waals surface area contributed by atoms with Gasteiger partial charge in [0.15, 0.2) is 0 Å². The van der Waals surface area contributed by atoms with E-state index in [9.17, 15) is 18.0 Å². The molecule has 0 amide bonds. The predicted molar refractivity (Wildman–Crippen MR) is 44.2 cm³/mol. The molecule has 1 atom stereocenters. The summed E-state index contributed by atoms with van der Waals surface area (Å²) in [6, 6.07) is 0. The van der Waals surface area contributed by atoms with Gasteiger partial charge in [-0.3, -0.25) is 9.53 Å². The molecule has 0 saturated carbocycles. The molecule has 1 saturated heterocycles. The SMILES string of the molecule is O=C(O)C1(CCOC(F)(F)F)CCNC1.